The number of hydrogen-bond acceptors (Lipinski definition) is 2. The molecule has 0 unspecified atom stereocenters. The summed E-state index contributed by atoms with van der Waals surface area (Å²) in [4.78, 5) is 8.82. The van der Waals surface area contributed by atoms with Gasteiger partial charge in [-0.05, 0) is 30.7 Å². The van der Waals surface area contributed by atoms with E-state index >= 15 is 0 Å². The lowest BCUT2D eigenvalue weighted by Crippen LogP contribution is -2.37. The van der Waals surface area contributed by atoms with Crippen molar-refractivity contribution in [3.05, 3.63) is 64.9 Å². The van der Waals surface area contributed by atoms with Gasteiger partial charge in [0.25, 0.3) is 0 Å². The third kappa shape index (κ3) is 5.08. The van der Waals surface area contributed by atoms with Crippen molar-refractivity contribution in [2.75, 3.05) is 6.54 Å². The van der Waals surface area contributed by atoms with Crippen molar-refractivity contribution in [1.82, 2.24) is 15.6 Å². The molecule has 0 fully saturated rings. The molecule has 0 radical (unpaired) electrons. The van der Waals surface area contributed by atoms with E-state index in [1.807, 2.05) is 49.4 Å². The minimum Gasteiger partial charge on any atom is -0.357 e. The summed E-state index contributed by atoms with van der Waals surface area (Å²) in [5.74, 6) is 0.753. The Morgan fingerprint density at radius 2 is 1.95 bits per heavy atom. The van der Waals surface area contributed by atoms with Gasteiger partial charge in [0, 0.05) is 17.8 Å². The number of aromatic nitrogens is 1. The van der Waals surface area contributed by atoms with E-state index in [-0.39, 0.29) is 0 Å². The van der Waals surface area contributed by atoms with Gasteiger partial charge in [-0.3, -0.25) is 4.98 Å². The van der Waals surface area contributed by atoms with Crippen LogP contribution in [0.15, 0.2) is 53.7 Å². The first-order valence-corrected chi connectivity index (χ1v) is 7.33. The highest BCUT2D eigenvalue weighted by Crippen LogP contribution is 2.15. The van der Waals surface area contributed by atoms with Crippen molar-refractivity contribution < 1.29 is 0 Å². The molecule has 0 amide bonds. The van der Waals surface area contributed by atoms with Gasteiger partial charge < -0.3 is 10.6 Å². The van der Waals surface area contributed by atoms with Crippen LogP contribution < -0.4 is 10.6 Å². The molecule has 0 spiro atoms. The maximum absolute atomic E-state index is 6.14. The van der Waals surface area contributed by atoms with Crippen LogP contribution in [0.25, 0.3) is 0 Å². The van der Waals surface area contributed by atoms with E-state index in [4.69, 9.17) is 11.6 Å². The highest BCUT2D eigenvalue weighted by Gasteiger charge is 2.01. The molecule has 0 atom stereocenters. The van der Waals surface area contributed by atoms with Crippen LogP contribution in [0.2, 0.25) is 5.02 Å². The first-order valence-electron chi connectivity index (χ1n) is 6.95. The Kier molecular flexibility index (Phi) is 6.03. The summed E-state index contributed by atoms with van der Waals surface area (Å²) in [6.07, 6.45) is 1.78. The average Bonchev–Trinajstić information content (AvgIpc) is 2.52. The molecule has 4 nitrogen and oxygen atoms in total. The first kappa shape index (κ1) is 15.3. The number of nitrogens with zero attached hydrogens (tertiary/aromatic N) is 2. The normalized spacial score (nSPS) is 11.2. The maximum atomic E-state index is 6.14. The molecule has 1 aromatic heterocycles. The molecule has 2 aromatic rings. The summed E-state index contributed by atoms with van der Waals surface area (Å²) in [7, 11) is 0. The molecule has 0 bridgehead atoms. The zero-order valence-electron chi connectivity index (χ0n) is 12.0. The predicted molar refractivity (Wildman–Crippen MR) is 87.3 cm³/mol. The number of benzene rings is 1. The Bertz CT molecular complexity index is 584. The Hall–Kier alpha value is -2.07. The quantitative estimate of drug-likeness (QED) is 0.659. The van der Waals surface area contributed by atoms with Crippen molar-refractivity contribution in [3.8, 4) is 0 Å². The monoisotopic (exact) mass is 302 g/mol. The molecule has 2 rings (SSSR count). The van der Waals surface area contributed by atoms with Gasteiger partial charge in [-0.15, -0.1) is 0 Å². The molecule has 0 aliphatic carbocycles. The molecular weight excluding hydrogens is 284 g/mol. The van der Waals surface area contributed by atoms with Crippen LogP contribution >= 0.6 is 11.6 Å². The highest BCUT2D eigenvalue weighted by molar-refractivity contribution is 6.31. The van der Waals surface area contributed by atoms with E-state index in [9.17, 15) is 0 Å². The molecule has 1 heterocycles. The molecule has 21 heavy (non-hydrogen) atoms. The second-order valence-corrected chi connectivity index (χ2v) is 4.87. The second kappa shape index (κ2) is 8.27. The summed E-state index contributed by atoms with van der Waals surface area (Å²) < 4.78 is 0. The summed E-state index contributed by atoms with van der Waals surface area (Å²) in [6.45, 7) is 4.01. The minimum atomic E-state index is 0.539. The molecule has 110 valence electrons. The van der Waals surface area contributed by atoms with Gasteiger partial charge in [-0.2, -0.15) is 0 Å². The van der Waals surface area contributed by atoms with Crippen LogP contribution in [0.5, 0.6) is 0 Å². The van der Waals surface area contributed by atoms with Crippen molar-refractivity contribution in [1.29, 1.82) is 0 Å². The van der Waals surface area contributed by atoms with E-state index in [0.29, 0.717) is 13.1 Å². The lowest BCUT2D eigenvalue weighted by Gasteiger charge is -2.11. The van der Waals surface area contributed by atoms with Crippen LogP contribution in [-0.4, -0.2) is 17.5 Å². The molecule has 0 saturated carbocycles. The van der Waals surface area contributed by atoms with Gasteiger partial charge in [-0.1, -0.05) is 35.9 Å². The van der Waals surface area contributed by atoms with Crippen LogP contribution in [0.1, 0.15) is 18.2 Å². The second-order valence-electron chi connectivity index (χ2n) is 4.46. The zero-order valence-corrected chi connectivity index (χ0v) is 12.8. The van der Waals surface area contributed by atoms with Crippen molar-refractivity contribution >= 4 is 17.6 Å². The summed E-state index contributed by atoms with van der Waals surface area (Å²) in [5, 5.41) is 7.21. The van der Waals surface area contributed by atoms with E-state index in [0.717, 1.165) is 28.8 Å². The van der Waals surface area contributed by atoms with Gasteiger partial charge in [0.05, 0.1) is 18.8 Å². The number of pyridine rings is 1. The number of rotatable bonds is 5. The van der Waals surface area contributed by atoms with Gasteiger partial charge in [0.1, 0.15) is 0 Å². The molecule has 0 aliphatic rings. The van der Waals surface area contributed by atoms with E-state index in [2.05, 4.69) is 20.6 Å². The molecule has 0 saturated heterocycles. The fourth-order valence-corrected chi connectivity index (χ4v) is 2.01. The van der Waals surface area contributed by atoms with Crippen LogP contribution in [-0.2, 0) is 13.1 Å². The lowest BCUT2D eigenvalue weighted by atomic mass is 10.2. The zero-order chi connectivity index (χ0) is 14.9. The van der Waals surface area contributed by atoms with Crippen LogP contribution in [0.4, 0.5) is 0 Å². The first-order chi connectivity index (χ1) is 10.3. The molecule has 0 aliphatic heterocycles. The SMILES string of the molecule is CCNC(=NCc1ccccc1Cl)NCc1ccccn1. The number of guanidine groups is 1. The lowest BCUT2D eigenvalue weighted by molar-refractivity contribution is 0.799. The fraction of sp³-hybridized carbons (Fsp3) is 0.250. The van der Waals surface area contributed by atoms with E-state index < -0.39 is 0 Å². The Balaban J connectivity index is 1.98. The molecule has 5 heteroatoms. The van der Waals surface area contributed by atoms with E-state index in [1.165, 1.54) is 0 Å². The third-order valence-electron chi connectivity index (χ3n) is 2.87. The third-order valence-corrected chi connectivity index (χ3v) is 3.24. The topological polar surface area (TPSA) is 49.3 Å². The standard InChI is InChI=1S/C16H19ClN4/c1-2-18-16(21-12-14-8-5-6-10-19-14)20-11-13-7-3-4-9-15(13)17/h3-10H,2,11-12H2,1H3,(H2,18,20,21). The smallest absolute Gasteiger partial charge is 0.191 e. The molecule has 1 aromatic carbocycles. The van der Waals surface area contributed by atoms with Gasteiger partial charge >= 0.3 is 0 Å². The Morgan fingerprint density at radius 3 is 2.67 bits per heavy atom. The van der Waals surface area contributed by atoms with Gasteiger partial charge in [-0.25, -0.2) is 4.99 Å². The number of nitrogens with one attached hydrogen (secondary N) is 2. The van der Waals surface area contributed by atoms with Crippen molar-refractivity contribution in [2.45, 2.75) is 20.0 Å². The summed E-state index contributed by atoms with van der Waals surface area (Å²) in [5.41, 5.74) is 1.98. The number of hydrogen-bond donors (Lipinski definition) is 2. The van der Waals surface area contributed by atoms with Gasteiger partial charge in [0.15, 0.2) is 5.96 Å². The van der Waals surface area contributed by atoms with Crippen LogP contribution in [0.3, 0.4) is 0 Å². The van der Waals surface area contributed by atoms with Crippen molar-refractivity contribution in [3.63, 3.8) is 0 Å². The van der Waals surface area contributed by atoms with Crippen LogP contribution in [0, 0.1) is 0 Å². The largest absolute Gasteiger partial charge is 0.357 e. The van der Waals surface area contributed by atoms with Gasteiger partial charge in [0.2, 0.25) is 0 Å². The average molecular weight is 303 g/mol. The maximum Gasteiger partial charge on any atom is 0.191 e. The number of aliphatic imine (C=N–C) groups is 1. The fourth-order valence-electron chi connectivity index (χ4n) is 1.81. The predicted octanol–water partition coefficient (Wildman–Crippen LogP) is 2.99. The minimum absolute atomic E-state index is 0.539. The Morgan fingerprint density at radius 1 is 1.14 bits per heavy atom. The summed E-state index contributed by atoms with van der Waals surface area (Å²) >= 11 is 6.14. The Labute approximate surface area is 130 Å². The molecular formula is C16H19ClN4. The van der Waals surface area contributed by atoms with E-state index in [1.54, 1.807) is 6.20 Å². The summed E-state index contributed by atoms with van der Waals surface area (Å²) in [6, 6.07) is 13.6. The molecule has 2 N–H and O–H groups in total. The number of halogens is 1. The van der Waals surface area contributed by atoms with Crippen molar-refractivity contribution in [2.24, 2.45) is 4.99 Å². The highest BCUT2D eigenvalue weighted by atomic mass is 35.5.